The van der Waals surface area contributed by atoms with Gasteiger partial charge in [-0.2, -0.15) is 0 Å². The van der Waals surface area contributed by atoms with Gasteiger partial charge >= 0.3 is 0 Å². The molecule has 0 amide bonds. The Hall–Kier alpha value is -0.410. The minimum absolute atomic E-state index is 0.0256. The van der Waals surface area contributed by atoms with Crippen LogP contribution in [0.5, 0.6) is 0 Å². The molecular weight excluding hydrogens is 276 g/mol. The molecular formula is C19H28O3. The van der Waals surface area contributed by atoms with E-state index < -0.39 is 0 Å². The number of Topliss-reactive ketones (excluding diaryl/α,β-unsaturated/α-hetero) is 1. The highest BCUT2D eigenvalue weighted by Gasteiger charge is 2.76. The van der Waals surface area contributed by atoms with E-state index in [-0.39, 0.29) is 22.5 Å². The zero-order valence-corrected chi connectivity index (χ0v) is 13.8. The van der Waals surface area contributed by atoms with Gasteiger partial charge in [0.2, 0.25) is 0 Å². The number of carbonyl (C=O) groups is 1. The summed E-state index contributed by atoms with van der Waals surface area (Å²) in [6.45, 7) is 4.68. The maximum absolute atomic E-state index is 12.4. The summed E-state index contributed by atoms with van der Waals surface area (Å²) in [5.74, 6) is 2.48. The van der Waals surface area contributed by atoms with Gasteiger partial charge in [-0.3, -0.25) is 4.79 Å². The first-order chi connectivity index (χ1) is 10.4. The molecule has 4 aliphatic carbocycles. The summed E-state index contributed by atoms with van der Waals surface area (Å²) in [4.78, 5) is 12.4. The Labute approximate surface area is 132 Å². The molecule has 0 aromatic rings. The Bertz CT molecular complexity index is 545. The maximum Gasteiger partial charge on any atom is 0.139 e. The Kier molecular flexibility index (Phi) is 2.52. The Morgan fingerprint density at radius 2 is 1.95 bits per heavy atom. The SMILES string of the molecule is C[C@]12CC[C@@H]3[C@@H](C[C@@H]4O[C@@]45C[C@@H](O)CC[C@]35C)[C@H]1CCC2=O. The van der Waals surface area contributed by atoms with Gasteiger partial charge in [-0.15, -0.1) is 0 Å². The van der Waals surface area contributed by atoms with Crippen LogP contribution in [0.15, 0.2) is 0 Å². The van der Waals surface area contributed by atoms with Crippen LogP contribution in [0.3, 0.4) is 0 Å². The van der Waals surface area contributed by atoms with Gasteiger partial charge in [0.05, 0.1) is 12.2 Å². The van der Waals surface area contributed by atoms with Crippen molar-refractivity contribution in [1.29, 1.82) is 0 Å². The number of aliphatic hydroxyl groups excluding tert-OH is 1. The van der Waals surface area contributed by atoms with Crippen molar-refractivity contribution in [3.63, 3.8) is 0 Å². The molecule has 5 fully saturated rings. The zero-order valence-electron chi connectivity index (χ0n) is 13.8. The lowest BCUT2D eigenvalue weighted by atomic mass is 9.45. The average Bonchev–Trinajstić information content (AvgIpc) is 3.08. The molecule has 1 aliphatic heterocycles. The number of epoxide rings is 1. The first-order valence-corrected chi connectivity index (χ1v) is 9.30. The largest absolute Gasteiger partial charge is 0.393 e. The highest BCUT2D eigenvalue weighted by atomic mass is 16.6. The molecule has 0 aromatic heterocycles. The number of ether oxygens (including phenoxy) is 1. The van der Waals surface area contributed by atoms with Crippen molar-refractivity contribution in [2.75, 3.05) is 0 Å². The topological polar surface area (TPSA) is 49.8 Å². The lowest BCUT2D eigenvalue weighted by Gasteiger charge is -2.58. The van der Waals surface area contributed by atoms with E-state index in [9.17, 15) is 9.90 Å². The fraction of sp³-hybridized carbons (Fsp3) is 0.947. The predicted octanol–water partition coefficient (Wildman–Crippen LogP) is 3.09. The molecule has 5 rings (SSSR count). The van der Waals surface area contributed by atoms with Crippen molar-refractivity contribution in [2.24, 2.45) is 28.6 Å². The van der Waals surface area contributed by atoms with E-state index in [0.717, 1.165) is 44.9 Å². The van der Waals surface area contributed by atoms with E-state index in [4.69, 9.17) is 4.74 Å². The molecule has 0 aromatic carbocycles. The van der Waals surface area contributed by atoms with Crippen LogP contribution in [-0.4, -0.2) is 28.7 Å². The second-order valence-electron chi connectivity index (χ2n) is 9.34. The quantitative estimate of drug-likeness (QED) is 0.700. The number of aliphatic hydroxyl groups is 1. The smallest absolute Gasteiger partial charge is 0.139 e. The monoisotopic (exact) mass is 304 g/mol. The van der Waals surface area contributed by atoms with Gasteiger partial charge < -0.3 is 9.84 Å². The average molecular weight is 304 g/mol. The predicted molar refractivity (Wildman–Crippen MR) is 82.2 cm³/mol. The van der Waals surface area contributed by atoms with Crippen LogP contribution in [0.25, 0.3) is 0 Å². The highest BCUT2D eigenvalue weighted by Crippen LogP contribution is 2.72. The Balaban J connectivity index is 1.53. The molecule has 1 heterocycles. The molecule has 122 valence electrons. The van der Waals surface area contributed by atoms with Gasteiger partial charge in [0.25, 0.3) is 0 Å². The van der Waals surface area contributed by atoms with Crippen LogP contribution < -0.4 is 0 Å². The molecule has 1 spiro atoms. The number of ketones is 1. The summed E-state index contributed by atoms with van der Waals surface area (Å²) in [6, 6.07) is 0. The van der Waals surface area contributed by atoms with Crippen LogP contribution in [-0.2, 0) is 9.53 Å². The highest BCUT2D eigenvalue weighted by molar-refractivity contribution is 5.87. The second kappa shape index (κ2) is 3.97. The van der Waals surface area contributed by atoms with E-state index in [1.54, 1.807) is 0 Å². The van der Waals surface area contributed by atoms with E-state index >= 15 is 0 Å². The molecule has 0 unspecified atom stereocenters. The second-order valence-corrected chi connectivity index (χ2v) is 9.34. The normalized spacial score (nSPS) is 62.7. The molecule has 8 atom stereocenters. The van der Waals surface area contributed by atoms with Crippen molar-refractivity contribution >= 4 is 5.78 Å². The fourth-order valence-corrected chi connectivity index (χ4v) is 7.43. The van der Waals surface area contributed by atoms with Crippen LogP contribution in [0.2, 0.25) is 0 Å². The third-order valence-corrected chi connectivity index (χ3v) is 8.77. The third kappa shape index (κ3) is 1.40. The summed E-state index contributed by atoms with van der Waals surface area (Å²) in [6.07, 6.45) is 8.37. The van der Waals surface area contributed by atoms with Crippen LogP contribution >= 0.6 is 0 Å². The van der Waals surface area contributed by atoms with Crippen molar-refractivity contribution in [1.82, 2.24) is 0 Å². The molecule has 22 heavy (non-hydrogen) atoms. The summed E-state index contributed by atoms with van der Waals surface area (Å²) in [7, 11) is 0. The zero-order chi connectivity index (χ0) is 15.3. The van der Waals surface area contributed by atoms with Crippen molar-refractivity contribution in [3.05, 3.63) is 0 Å². The van der Waals surface area contributed by atoms with E-state index in [2.05, 4.69) is 13.8 Å². The van der Waals surface area contributed by atoms with Gasteiger partial charge in [0.15, 0.2) is 0 Å². The lowest BCUT2D eigenvalue weighted by Crippen LogP contribution is -2.58. The molecule has 5 aliphatic rings. The minimum Gasteiger partial charge on any atom is -0.393 e. The summed E-state index contributed by atoms with van der Waals surface area (Å²) < 4.78 is 6.30. The maximum atomic E-state index is 12.4. The number of fused-ring (bicyclic) bond motifs is 4. The summed E-state index contributed by atoms with van der Waals surface area (Å²) >= 11 is 0. The molecule has 1 saturated heterocycles. The van der Waals surface area contributed by atoms with Gasteiger partial charge in [-0.1, -0.05) is 13.8 Å². The van der Waals surface area contributed by atoms with E-state index in [1.165, 1.54) is 6.42 Å². The van der Waals surface area contributed by atoms with E-state index in [0.29, 0.717) is 29.6 Å². The molecule has 0 radical (unpaired) electrons. The molecule has 4 saturated carbocycles. The van der Waals surface area contributed by atoms with Gasteiger partial charge in [-0.05, 0) is 56.3 Å². The van der Waals surface area contributed by atoms with Crippen molar-refractivity contribution < 1.29 is 14.6 Å². The molecule has 3 nitrogen and oxygen atoms in total. The van der Waals surface area contributed by atoms with Crippen LogP contribution in [0, 0.1) is 28.6 Å². The third-order valence-electron chi connectivity index (χ3n) is 8.77. The Morgan fingerprint density at radius 1 is 1.14 bits per heavy atom. The first-order valence-electron chi connectivity index (χ1n) is 9.30. The molecule has 3 heteroatoms. The summed E-state index contributed by atoms with van der Waals surface area (Å²) in [5.41, 5.74) is 0.162. The lowest BCUT2D eigenvalue weighted by molar-refractivity contribution is -0.138. The first kappa shape index (κ1) is 14.0. The number of rotatable bonds is 0. The molecule has 0 bridgehead atoms. The fourth-order valence-electron chi connectivity index (χ4n) is 7.43. The van der Waals surface area contributed by atoms with Crippen molar-refractivity contribution in [3.8, 4) is 0 Å². The number of hydrogen-bond donors (Lipinski definition) is 1. The number of carbonyl (C=O) groups excluding carboxylic acids is 1. The number of hydrogen-bond acceptors (Lipinski definition) is 3. The van der Waals surface area contributed by atoms with Gasteiger partial charge in [0.1, 0.15) is 11.4 Å². The standard InChI is InChI=1S/C19H28O3/c1-17-7-6-14-12(13(17)3-4-15(17)21)9-16-19(22-16)10-11(20)5-8-18(14,19)2/h11-14,16,20H,3-10H2,1-2H3/t11-,12-,13+,14+,16-,17-,18+,19-/m0/s1. The van der Waals surface area contributed by atoms with E-state index in [1.807, 2.05) is 0 Å². The van der Waals surface area contributed by atoms with Gasteiger partial charge in [-0.25, -0.2) is 0 Å². The van der Waals surface area contributed by atoms with Crippen LogP contribution in [0.4, 0.5) is 0 Å². The minimum atomic E-state index is -0.170. The van der Waals surface area contributed by atoms with Crippen LogP contribution in [0.1, 0.15) is 65.2 Å². The summed E-state index contributed by atoms with van der Waals surface area (Å²) in [5, 5.41) is 10.2. The van der Waals surface area contributed by atoms with Crippen molar-refractivity contribution in [2.45, 2.75) is 83.0 Å². The van der Waals surface area contributed by atoms with Gasteiger partial charge in [0, 0.05) is 23.7 Å². The Morgan fingerprint density at radius 3 is 2.77 bits per heavy atom. The molecule has 1 N–H and O–H groups in total.